The fraction of sp³-hybridized carbons (Fsp3) is 0.933. The van der Waals surface area contributed by atoms with Gasteiger partial charge < -0.3 is 10.6 Å². The van der Waals surface area contributed by atoms with Gasteiger partial charge in [0, 0.05) is 25.0 Å². The zero-order valence-electron chi connectivity index (χ0n) is 12.1. The summed E-state index contributed by atoms with van der Waals surface area (Å²) in [6, 6.07) is 0.171. The van der Waals surface area contributed by atoms with Gasteiger partial charge in [-0.2, -0.15) is 0 Å². The largest absolute Gasteiger partial charge is 0.341 e. The summed E-state index contributed by atoms with van der Waals surface area (Å²) in [6.45, 7) is 8.37. The van der Waals surface area contributed by atoms with E-state index in [0.717, 1.165) is 25.9 Å². The van der Waals surface area contributed by atoms with E-state index < -0.39 is 0 Å². The van der Waals surface area contributed by atoms with Crippen LogP contribution in [0.25, 0.3) is 0 Å². The molecule has 104 valence electrons. The molecule has 0 spiro atoms. The number of carbonyl (C=O) groups excluding carboxylic acids is 1. The molecule has 2 N–H and O–H groups in total. The van der Waals surface area contributed by atoms with Crippen molar-refractivity contribution in [1.29, 1.82) is 0 Å². The Morgan fingerprint density at radius 1 is 1.28 bits per heavy atom. The number of nitrogens with two attached hydrogens (primary N) is 1. The SMILES string of the molecule is CC1CC(N)CN(C(=O)C2CCCCC2(C)C)C1. The molecule has 1 aliphatic carbocycles. The molecule has 0 aromatic rings. The first-order valence-electron chi connectivity index (χ1n) is 7.44. The summed E-state index contributed by atoms with van der Waals surface area (Å²) in [4.78, 5) is 14.8. The van der Waals surface area contributed by atoms with Crippen molar-refractivity contribution in [3.05, 3.63) is 0 Å². The lowest BCUT2D eigenvalue weighted by Crippen LogP contribution is -2.52. The Balaban J connectivity index is 2.05. The molecule has 1 amide bonds. The molecule has 3 nitrogen and oxygen atoms in total. The van der Waals surface area contributed by atoms with E-state index in [0.29, 0.717) is 11.8 Å². The Hall–Kier alpha value is -0.570. The van der Waals surface area contributed by atoms with Gasteiger partial charge >= 0.3 is 0 Å². The molecule has 0 aromatic carbocycles. The van der Waals surface area contributed by atoms with E-state index >= 15 is 0 Å². The lowest BCUT2D eigenvalue weighted by molar-refractivity contribution is -0.143. The smallest absolute Gasteiger partial charge is 0.226 e. The van der Waals surface area contributed by atoms with E-state index in [9.17, 15) is 4.79 Å². The molecule has 1 saturated heterocycles. The highest BCUT2D eigenvalue weighted by Gasteiger charge is 2.40. The van der Waals surface area contributed by atoms with Crippen LogP contribution < -0.4 is 5.73 Å². The van der Waals surface area contributed by atoms with Crippen molar-refractivity contribution in [2.45, 2.75) is 58.9 Å². The molecule has 0 radical (unpaired) electrons. The number of rotatable bonds is 1. The minimum Gasteiger partial charge on any atom is -0.341 e. The predicted molar refractivity (Wildman–Crippen MR) is 74.1 cm³/mol. The van der Waals surface area contributed by atoms with Gasteiger partial charge in [0.15, 0.2) is 0 Å². The summed E-state index contributed by atoms with van der Waals surface area (Å²) < 4.78 is 0. The summed E-state index contributed by atoms with van der Waals surface area (Å²) in [5, 5.41) is 0. The standard InChI is InChI=1S/C15H28N2O/c1-11-8-12(16)10-17(9-11)14(18)13-6-4-5-7-15(13,2)3/h11-13H,4-10,16H2,1-3H3. The molecule has 3 heteroatoms. The van der Waals surface area contributed by atoms with E-state index in [1.807, 2.05) is 4.90 Å². The number of hydrogen-bond donors (Lipinski definition) is 1. The van der Waals surface area contributed by atoms with Crippen LogP contribution in [0.15, 0.2) is 0 Å². The van der Waals surface area contributed by atoms with Gasteiger partial charge in [-0.25, -0.2) is 0 Å². The first-order valence-corrected chi connectivity index (χ1v) is 7.44. The van der Waals surface area contributed by atoms with Crippen LogP contribution in [0.1, 0.15) is 52.9 Å². The van der Waals surface area contributed by atoms with E-state index in [-0.39, 0.29) is 17.4 Å². The number of piperidine rings is 1. The maximum absolute atomic E-state index is 12.7. The number of likely N-dealkylation sites (tertiary alicyclic amines) is 1. The normalized spacial score (nSPS) is 36.4. The van der Waals surface area contributed by atoms with Crippen molar-refractivity contribution in [3.8, 4) is 0 Å². The number of nitrogens with zero attached hydrogens (tertiary/aromatic N) is 1. The third-order valence-electron chi connectivity index (χ3n) is 4.81. The number of amides is 1. The molecule has 18 heavy (non-hydrogen) atoms. The van der Waals surface area contributed by atoms with E-state index in [4.69, 9.17) is 5.73 Å². The van der Waals surface area contributed by atoms with Gasteiger partial charge in [-0.05, 0) is 30.6 Å². The highest BCUT2D eigenvalue weighted by molar-refractivity contribution is 5.80. The molecule has 1 aliphatic heterocycles. The van der Waals surface area contributed by atoms with Gasteiger partial charge in [-0.3, -0.25) is 4.79 Å². The summed E-state index contributed by atoms with van der Waals surface area (Å²) in [5.74, 6) is 1.12. The maximum Gasteiger partial charge on any atom is 0.226 e. The van der Waals surface area contributed by atoms with Gasteiger partial charge in [0.05, 0.1) is 0 Å². The number of carbonyl (C=O) groups is 1. The van der Waals surface area contributed by atoms with Crippen LogP contribution in [0.4, 0.5) is 0 Å². The van der Waals surface area contributed by atoms with Crippen molar-refractivity contribution < 1.29 is 4.79 Å². The van der Waals surface area contributed by atoms with Crippen LogP contribution in [0, 0.1) is 17.3 Å². The number of hydrogen-bond acceptors (Lipinski definition) is 2. The molecule has 1 heterocycles. The van der Waals surface area contributed by atoms with Crippen molar-refractivity contribution in [1.82, 2.24) is 4.90 Å². The van der Waals surface area contributed by atoms with Crippen molar-refractivity contribution in [2.75, 3.05) is 13.1 Å². The summed E-state index contributed by atoms with van der Waals surface area (Å²) >= 11 is 0. The fourth-order valence-corrected chi connectivity index (χ4v) is 3.75. The second kappa shape index (κ2) is 5.20. The Kier molecular flexibility index (Phi) is 4.00. The summed E-state index contributed by atoms with van der Waals surface area (Å²) in [7, 11) is 0. The molecule has 2 fully saturated rings. The molecule has 2 rings (SSSR count). The molecule has 3 atom stereocenters. The monoisotopic (exact) mass is 252 g/mol. The molecule has 1 saturated carbocycles. The molecule has 0 aromatic heterocycles. The van der Waals surface area contributed by atoms with Crippen LogP contribution in [0.5, 0.6) is 0 Å². The van der Waals surface area contributed by atoms with Crippen molar-refractivity contribution in [3.63, 3.8) is 0 Å². The average molecular weight is 252 g/mol. The molecule has 2 aliphatic rings. The van der Waals surface area contributed by atoms with E-state index in [1.54, 1.807) is 0 Å². The van der Waals surface area contributed by atoms with Crippen LogP contribution in [-0.2, 0) is 4.79 Å². The van der Waals surface area contributed by atoms with Crippen LogP contribution in [0.2, 0.25) is 0 Å². The quantitative estimate of drug-likeness (QED) is 0.779. The third-order valence-corrected chi connectivity index (χ3v) is 4.81. The van der Waals surface area contributed by atoms with Crippen molar-refractivity contribution >= 4 is 5.91 Å². The average Bonchev–Trinajstić information content (AvgIpc) is 2.26. The molecule has 3 unspecified atom stereocenters. The minimum atomic E-state index is 0.167. The second-order valence-electron chi connectivity index (χ2n) is 7.13. The molecular weight excluding hydrogens is 224 g/mol. The van der Waals surface area contributed by atoms with Gasteiger partial charge in [0.1, 0.15) is 0 Å². The van der Waals surface area contributed by atoms with Gasteiger partial charge in [0.25, 0.3) is 0 Å². The van der Waals surface area contributed by atoms with Crippen LogP contribution in [-0.4, -0.2) is 29.9 Å². The van der Waals surface area contributed by atoms with E-state index in [1.165, 1.54) is 19.3 Å². The molecular formula is C15H28N2O. The topological polar surface area (TPSA) is 46.3 Å². The predicted octanol–water partition coefficient (Wildman–Crippen LogP) is 2.40. The van der Waals surface area contributed by atoms with E-state index in [2.05, 4.69) is 20.8 Å². The van der Waals surface area contributed by atoms with Gasteiger partial charge in [-0.15, -0.1) is 0 Å². The minimum absolute atomic E-state index is 0.167. The zero-order valence-corrected chi connectivity index (χ0v) is 12.1. The Morgan fingerprint density at radius 3 is 2.61 bits per heavy atom. The third kappa shape index (κ3) is 2.87. The Bertz CT molecular complexity index is 304. The highest BCUT2D eigenvalue weighted by Crippen LogP contribution is 2.41. The second-order valence-corrected chi connectivity index (χ2v) is 7.13. The van der Waals surface area contributed by atoms with Crippen LogP contribution >= 0.6 is 0 Å². The van der Waals surface area contributed by atoms with Crippen LogP contribution in [0.3, 0.4) is 0 Å². The fourth-order valence-electron chi connectivity index (χ4n) is 3.75. The van der Waals surface area contributed by atoms with Gasteiger partial charge in [-0.1, -0.05) is 33.6 Å². The first-order chi connectivity index (χ1) is 8.40. The maximum atomic E-state index is 12.7. The van der Waals surface area contributed by atoms with Gasteiger partial charge in [0.2, 0.25) is 5.91 Å². The molecule has 0 bridgehead atoms. The van der Waals surface area contributed by atoms with Crippen molar-refractivity contribution in [2.24, 2.45) is 23.0 Å². The lowest BCUT2D eigenvalue weighted by Gasteiger charge is -2.43. The summed E-state index contributed by atoms with van der Waals surface area (Å²) in [6.07, 6.45) is 5.77. The first kappa shape index (κ1) is 13.9. The highest BCUT2D eigenvalue weighted by atomic mass is 16.2. The Morgan fingerprint density at radius 2 is 2.00 bits per heavy atom. The summed E-state index contributed by atoms with van der Waals surface area (Å²) in [5.41, 5.74) is 6.22. The lowest BCUT2D eigenvalue weighted by atomic mass is 9.68. The zero-order chi connectivity index (χ0) is 13.3. The Labute approximate surface area is 111 Å².